The second-order valence-electron chi connectivity index (χ2n) is 4.12. The van der Waals surface area contributed by atoms with Gasteiger partial charge in [-0.15, -0.1) is 11.3 Å². The van der Waals surface area contributed by atoms with E-state index in [0.717, 1.165) is 4.88 Å². The number of aromatic hydroxyl groups is 1. The van der Waals surface area contributed by atoms with E-state index in [2.05, 4.69) is 5.10 Å². The first-order valence-corrected chi connectivity index (χ1v) is 6.69. The molecule has 20 heavy (non-hydrogen) atoms. The highest BCUT2D eigenvalue weighted by molar-refractivity contribution is 7.13. The maximum Gasteiger partial charge on any atom is 0.339 e. The van der Waals surface area contributed by atoms with E-state index in [1.165, 1.54) is 28.3 Å². The van der Waals surface area contributed by atoms with Gasteiger partial charge in [-0.3, -0.25) is 0 Å². The van der Waals surface area contributed by atoms with E-state index >= 15 is 0 Å². The summed E-state index contributed by atoms with van der Waals surface area (Å²) in [6.07, 6.45) is 1.32. The number of rotatable bonds is 3. The number of aromatic carboxylic acids is 1. The molecule has 0 fully saturated rings. The fourth-order valence-corrected chi connectivity index (χ4v) is 2.74. The highest BCUT2D eigenvalue weighted by atomic mass is 32.1. The number of carbonyl (C=O) groups is 1. The first-order valence-electron chi connectivity index (χ1n) is 5.81. The number of thiophene rings is 1. The molecule has 0 amide bonds. The number of hydrogen-bond acceptors (Lipinski definition) is 4. The van der Waals surface area contributed by atoms with Crippen LogP contribution in [0.1, 0.15) is 10.4 Å². The molecule has 3 rings (SSSR count). The van der Waals surface area contributed by atoms with Gasteiger partial charge in [0.1, 0.15) is 11.3 Å². The molecule has 0 bridgehead atoms. The van der Waals surface area contributed by atoms with E-state index in [4.69, 9.17) is 0 Å². The van der Waals surface area contributed by atoms with Gasteiger partial charge in [0.15, 0.2) is 0 Å². The molecule has 0 saturated carbocycles. The van der Waals surface area contributed by atoms with Crippen molar-refractivity contribution in [3.63, 3.8) is 0 Å². The van der Waals surface area contributed by atoms with Crippen LogP contribution in [0.25, 0.3) is 16.3 Å². The Morgan fingerprint density at radius 2 is 2.10 bits per heavy atom. The van der Waals surface area contributed by atoms with Crippen molar-refractivity contribution in [3.8, 4) is 22.0 Å². The first kappa shape index (κ1) is 12.4. The summed E-state index contributed by atoms with van der Waals surface area (Å²) in [7, 11) is 0. The van der Waals surface area contributed by atoms with E-state index < -0.39 is 5.97 Å². The molecule has 2 N–H and O–H groups in total. The van der Waals surface area contributed by atoms with Crippen molar-refractivity contribution in [3.05, 3.63) is 53.5 Å². The van der Waals surface area contributed by atoms with Gasteiger partial charge in [-0.05, 0) is 23.6 Å². The Bertz CT molecular complexity index is 763. The van der Waals surface area contributed by atoms with Gasteiger partial charge < -0.3 is 10.2 Å². The zero-order valence-electron chi connectivity index (χ0n) is 10.2. The smallest absolute Gasteiger partial charge is 0.339 e. The largest absolute Gasteiger partial charge is 0.508 e. The van der Waals surface area contributed by atoms with Crippen molar-refractivity contribution in [2.45, 2.75) is 0 Å². The Morgan fingerprint density at radius 1 is 1.25 bits per heavy atom. The highest BCUT2D eigenvalue weighted by Gasteiger charge is 2.20. The van der Waals surface area contributed by atoms with Gasteiger partial charge >= 0.3 is 5.97 Å². The van der Waals surface area contributed by atoms with Crippen LogP contribution in [-0.4, -0.2) is 26.0 Å². The van der Waals surface area contributed by atoms with Gasteiger partial charge in [-0.1, -0.05) is 12.1 Å². The van der Waals surface area contributed by atoms with Crippen LogP contribution in [0, 0.1) is 0 Å². The minimum Gasteiger partial charge on any atom is -0.508 e. The van der Waals surface area contributed by atoms with Gasteiger partial charge in [0.2, 0.25) is 0 Å². The summed E-state index contributed by atoms with van der Waals surface area (Å²) in [6, 6.07) is 10.2. The van der Waals surface area contributed by atoms with Crippen molar-refractivity contribution >= 4 is 17.3 Å². The summed E-state index contributed by atoms with van der Waals surface area (Å²) in [5.41, 5.74) is 1.26. The van der Waals surface area contributed by atoms with Gasteiger partial charge in [0, 0.05) is 6.07 Å². The predicted molar refractivity (Wildman–Crippen MR) is 75.5 cm³/mol. The summed E-state index contributed by atoms with van der Waals surface area (Å²) < 4.78 is 1.52. The van der Waals surface area contributed by atoms with E-state index in [-0.39, 0.29) is 11.3 Å². The average molecular weight is 286 g/mol. The normalized spacial score (nSPS) is 10.6. The fraction of sp³-hybridized carbons (Fsp3) is 0. The molecule has 2 heterocycles. The van der Waals surface area contributed by atoms with Crippen LogP contribution < -0.4 is 0 Å². The average Bonchev–Trinajstić information content (AvgIpc) is 3.07. The summed E-state index contributed by atoms with van der Waals surface area (Å²) >= 11 is 1.44. The van der Waals surface area contributed by atoms with Crippen molar-refractivity contribution in [1.82, 2.24) is 9.78 Å². The molecular formula is C14H10N2O3S. The Labute approximate surface area is 118 Å². The number of phenolic OH excluding ortho intramolecular Hbond substituents is 1. The number of nitrogens with zero attached hydrogens (tertiary/aromatic N) is 2. The van der Waals surface area contributed by atoms with E-state index in [1.54, 1.807) is 18.2 Å². The topological polar surface area (TPSA) is 75.3 Å². The number of carboxylic acid groups (broad SMARTS) is 1. The maximum absolute atomic E-state index is 11.3. The van der Waals surface area contributed by atoms with Crippen molar-refractivity contribution in [1.29, 1.82) is 0 Å². The molecule has 0 unspecified atom stereocenters. The van der Waals surface area contributed by atoms with Crippen LogP contribution in [0.15, 0.2) is 48.0 Å². The zero-order chi connectivity index (χ0) is 14.1. The van der Waals surface area contributed by atoms with Gasteiger partial charge in [-0.25, -0.2) is 9.48 Å². The van der Waals surface area contributed by atoms with Crippen LogP contribution in [-0.2, 0) is 0 Å². The van der Waals surface area contributed by atoms with Crippen molar-refractivity contribution in [2.75, 3.05) is 0 Å². The highest BCUT2D eigenvalue weighted by Crippen LogP contribution is 2.31. The molecule has 0 atom stereocenters. The molecule has 0 spiro atoms. The van der Waals surface area contributed by atoms with Gasteiger partial charge in [0.25, 0.3) is 0 Å². The lowest BCUT2D eigenvalue weighted by atomic mass is 10.2. The molecule has 0 aliphatic rings. The summed E-state index contributed by atoms with van der Waals surface area (Å²) in [4.78, 5) is 12.1. The summed E-state index contributed by atoms with van der Waals surface area (Å²) in [6.45, 7) is 0. The molecule has 3 aromatic rings. The predicted octanol–water partition coefficient (Wildman–Crippen LogP) is 3.00. The van der Waals surface area contributed by atoms with E-state index in [9.17, 15) is 15.0 Å². The standard InChI is InChI=1S/C14H10N2O3S/c17-10-4-1-3-9(7-10)16-13(12-5-2-6-20-12)11(8-15-16)14(18)19/h1-8,17H,(H,18,19). The van der Waals surface area contributed by atoms with Crippen LogP contribution in [0.2, 0.25) is 0 Å². The number of hydrogen-bond donors (Lipinski definition) is 2. The minimum absolute atomic E-state index is 0.104. The molecule has 1 aromatic carbocycles. The molecule has 0 aliphatic carbocycles. The SMILES string of the molecule is O=C(O)c1cnn(-c2cccc(O)c2)c1-c1cccs1. The van der Waals surface area contributed by atoms with E-state index in [1.807, 2.05) is 17.5 Å². The number of benzene rings is 1. The monoisotopic (exact) mass is 286 g/mol. The second-order valence-corrected chi connectivity index (χ2v) is 5.07. The van der Waals surface area contributed by atoms with Gasteiger partial charge in [-0.2, -0.15) is 5.10 Å². The number of aromatic nitrogens is 2. The maximum atomic E-state index is 11.3. The Hall–Kier alpha value is -2.60. The molecule has 100 valence electrons. The fourth-order valence-electron chi connectivity index (χ4n) is 1.98. The summed E-state index contributed by atoms with van der Waals surface area (Å²) in [5, 5.41) is 24.9. The van der Waals surface area contributed by atoms with Crippen LogP contribution in [0.4, 0.5) is 0 Å². The lowest BCUT2D eigenvalue weighted by Crippen LogP contribution is -2.01. The van der Waals surface area contributed by atoms with Crippen molar-refractivity contribution < 1.29 is 15.0 Å². The third kappa shape index (κ3) is 2.06. The molecule has 6 heteroatoms. The zero-order valence-corrected chi connectivity index (χ0v) is 11.0. The number of phenols is 1. The third-order valence-electron chi connectivity index (χ3n) is 2.83. The Balaban J connectivity index is 2.24. The lowest BCUT2D eigenvalue weighted by Gasteiger charge is -2.07. The third-order valence-corrected chi connectivity index (χ3v) is 3.71. The molecule has 0 saturated heterocycles. The molecule has 2 aromatic heterocycles. The van der Waals surface area contributed by atoms with Crippen LogP contribution in [0.3, 0.4) is 0 Å². The first-order chi connectivity index (χ1) is 9.66. The van der Waals surface area contributed by atoms with Crippen LogP contribution in [0.5, 0.6) is 5.75 Å². The lowest BCUT2D eigenvalue weighted by molar-refractivity contribution is 0.0698. The molecule has 0 radical (unpaired) electrons. The molecule has 5 nitrogen and oxygen atoms in total. The Kier molecular flexibility index (Phi) is 3.00. The van der Waals surface area contributed by atoms with Gasteiger partial charge in [0.05, 0.1) is 22.5 Å². The van der Waals surface area contributed by atoms with Crippen molar-refractivity contribution in [2.24, 2.45) is 0 Å². The molecular weight excluding hydrogens is 276 g/mol. The second kappa shape index (κ2) is 4.82. The van der Waals surface area contributed by atoms with E-state index in [0.29, 0.717) is 11.4 Å². The van der Waals surface area contributed by atoms with Crippen LogP contribution >= 0.6 is 11.3 Å². The Morgan fingerprint density at radius 3 is 2.75 bits per heavy atom. The quantitative estimate of drug-likeness (QED) is 0.776. The minimum atomic E-state index is -1.03. The number of carboxylic acids is 1. The molecule has 0 aliphatic heterocycles. The summed E-state index contributed by atoms with van der Waals surface area (Å²) in [5.74, 6) is -0.924.